The summed E-state index contributed by atoms with van der Waals surface area (Å²) < 4.78 is 0. The predicted molar refractivity (Wildman–Crippen MR) is 118 cm³/mol. The minimum Gasteiger partial charge on any atom is -0.508 e. The molecular formula is C27H26O. The van der Waals surface area contributed by atoms with E-state index in [0.717, 1.165) is 5.56 Å². The first kappa shape index (κ1) is 18.3. The molecule has 1 nitrogen and oxygen atoms in total. The topological polar surface area (TPSA) is 20.2 Å². The molecule has 28 heavy (non-hydrogen) atoms. The van der Waals surface area contributed by atoms with Gasteiger partial charge in [0.2, 0.25) is 0 Å². The van der Waals surface area contributed by atoms with Crippen LogP contribution in [0.4, 0.5) is 0 Å². The van der Waals surface area contributed by atoms with E-state index in [9.17, 15) is 5.11 Å². The van der Waals surface area contributed by atoms with E-state index in [1.54, 1.807) is 0 Å². The van der Waals surface area contributed by atoms with E-state index < -0.39 is 0 Å². The van der Waals surface area contributed by atoms with Crippen molar-refractivity contribution >= 4 is 10.8 Å². The van der Waals surface area contributed by atoms with Crippen molar-refractivity contribution in [2.45, 2.75) is 33.1 Å². The van der Waals surface area contributed by atoms with Crippen LogP contribution in [0.5, 0.6) is 5.75 Å². The molecule has 0 saturated heterocycles. The maximum atomic E-state index is 10.1. The van der Waals surface area contributed by atoms with E-state index >= 15 is 0 Å². The number of phenolic OH excluding ortho intramolecular Hbond substituents is 1. The van der Waals surface area contributed by atoms with Gasteiger partial charge in [0.1, 0.15) is 5.75 Å². The second-order valence-corrected chi connectivity index (χ2v) is 7.99. The molecule has 140 valence electrons. The average molecular weight is 367 g/mol. The molecule has 1 atom stereocenters. The van der Waals surface area contributed by atoms with E-state index in [-0.39, 0.29) is 5.41 Å². The number of hydrogen-bond donors (Lipinski definition) is 1. The minimum absolute atomic E-state index is 0.319. The van der Waals surface area contributed by atoms with Crippen molar-refractivity contribution in [1.82, 2.24) is 0 Å². The normalized spacial score (nSPS) is 13.4. The Bertz CT molecular complexity index is 1120. The molecule has 0 fully saturated rings. The first-order valence-corrected chi connectivity index (χ1v) is 9.77. The molecule has 1 N–H and O–H groups in total. The highest BCUT2D eigenvalue weighted by atomic mass is 16.3. The maximum absolute atomic E-state index is 10.1. The summed E-state index contributed by atoms with van der Waals surface area (Å²) in [5, 5.41) is 12.6. The van der Waals surface area contributed by atoms with Crippen molar-refractivity contribution in [2.75, 3.05) is 0 Å². The van der Waals surface area contributed by atoms with Crippen LogP contribution in [-0.4, -0.2) is 5.11 Å². The quantitative estimate of drug-likeness (QED) is 0.394. The van der Waals surface area contributed by atoms with E-state index in [2.05, 4.69) is 87.5 Å². The summed E-state index contributed by atoms with van der Waals surface area (Å²) in [6.45, 7) is 8.56. The van der Waals surface area contributed by atoms with Crippen molar-refractivity contribution in [3.8, 4) is 5.75 Å². The zero-order valence-electron chi connectivity index (χ0n) is 17.0. The third kappa shape index (κ3) is 2.97. The fourth-order valence-electron chi connectivity index (χ4n) is 4.02. The molecule has 0 saturated carbocycles. The number of aromatic hydroxyl groups is 1. The van der Waals surface area contributed by atoms with Crippen LogP contribution in [0, 0.1) is 20.8 Å². The second-order valence-electron chi connectivity index (χ2n) is 7.99. The van der Waals surface area contributed by atoms with E-state index in [1.807, 2.05) is 19.1 Å². The Hall–Kier alpha value is -3.06. The van der Waals surface area contributed by atoms with Gasteiger partial charge in [-0.25, -0.2) is 0 Å². The van der Waals surface area contributed by atoms with E-state index in [1.165, 1.54) is 38.6 Å². The van der Waals surface area contributed by atoms with Crippen molar-refractivity contribution in [2.24, 2.45) is 0 Å². The highest BCUT2D eigenvalue weighted by Gasteiger charge is 2.32. The number of hydrogen-bond acceptors (Lipinski definition) is 1. The van der Waals surface area contributed by atoms with Crippen LogP contribution in [0.1, 0.15) is 40.3 Å². The number of rotatable bonds is 3. The van der Waals surface area contributed by atoms with Gasteiger partial charge in [-0.1, -0.05) is 66.7 Å². The Morgan fingerprint density at radius 1 is 0.571 bits per heavy atom. The SMILES string of the molecule is Cc1ccc(C(C)(c2ccc(O)c(C)c2)c2ccc3ccccc3c2)cc1C. The van der Waals surface area contributed by atoms with E-state index in [0.29, 0.717) is 5.75 Å². The lowest BCUT2D eigenvalue weighted by molar-refractivity contribution is 0.470. The number of phenols is 1. The zero-order chi connectivity index (χ0) is 19.9. The molecule has 1 unspecified atom stereocenters. The van der Waals surface area contributed by atoms with Gasteiger partial charge < -0.3 is 5.11 Å². The molecule has 0 aromatic heterocycles. The Labute approximate surface area is 167 Å². The van der Waals surface area contributed by atoms with Crippen LogP contribution >= 0.6 is 0 Å². The number of fused-ring (bicyclic) bond motifs is 1. The van der Waals surface area contributed by atoms with Gasteiger partial charge in [-0.05, 0) is 84.0 Å². The van der Waals surface area contributed by atoms with Gasteiger partial charge in [-0.15, -0.1) is 0 Å². The first-order valence-electron chi connectivity index (χ1n) is 9.77. The Kier molecular flexibility index (Phi) is 4.47. The van der Waals surface area contributed by atoms with Crippen LogP contribution in [0.2, 0.25) is 0 Å². The lowest BCUT2D eigenvalue weighted by Gasteiger charge is -2.33. The highest BCUT2D eigenvalue weighted by molar-refractivity contribution is 5.83. The van der Waals surface area contributed by atoms with Gasteiger partial charge in [-0.2, -0.15) is 0 Å². The van der Waals surface area contributed by atoms with Crippen molar-refractivity contribution in [3.05, 3.63) is 112 Å². The predicted octanol–water partition coefficient (Wildman–Crippen LogP) is 6.82. The molecule has 0 radical (unpaired) electrons. The molecule has 4 aromatic carbocycles. The van der Waals surface area contributed by atoms with Gasteiger partial charge >= 0.3 is 0 Å². The molecule has 0 bridgehead atoms. The third-order valence-electron chi connectivity index (χ3n) is 6.19. The van der Waals surface area contributed by atoms with Crippen molar-refractivity contribution in [3.63, 3.8) is 0 Å². The molecule has 0 spiro atoms. The van der Waals surface area contributed by atoms with Crippen molar-refractivity contribution in [1.29, 1.82) is 0 Å². The molecule has 4 rings (SSSR count). The summed E-state index contributed by atoms with van der Waals surface area (Å²) in [6.07, 6.45) is 0. The molecule has 0 heterocycles. The lowest BCUT2D eigenvalue weighted by atomic mass is 9.70. The Balaban J connectivity index is 2.01. The summed E-state index contributed by atoms with van der Waals surface area (Å²) in [7, 11) is 0. The first-order chi connectivity index (χ1) is 13.4. The van der Waals surface area contributed by atoms with Crippen LogP contribution in [0.15, 0.2) is 78.9 Å². The summed E-state index contributed by atoms with van der Waals surface area (Å²) in [4.78, 5) is 0. The Morgan fingerprint density at radius 3 is 1.82 bits per heavy atom. The van der Waals surface area contributed by atoms with Gasteiger partial charge in [0.05, 0.1) is 0 Å². The van der Waals surface area contributed by atoms with Crippen LogP contribution in [0.3, 0.4) is 0 Å². The second kappa shape index (κ2) is 6.83. The summed E-state index contributed by atoms with van der Waals surface area (Å²) in [5.41, 5.74) is 6.86. The third-order valence-corrected chi connectivity index (χ3v) is 6.19. The summed E-state index contributed by atoms with van der Waals surface area (Å²) in [6, 6.07) is 27.9. The van der Waals surface area contributed by atoms with Crippen molar-refractivity contribution < 1.29 is 5.11 Å². The molecule has 0 aliphatic rings. The van der Waals surface area contributed by atoms with Crippen LogP contribution in [-0.2, 0) is 5.41 Å². The molecule has 1 heteroatoms. The summed E-state index contributed by atoms with van der Waals surface area (Å²) >= 11 is 0. The zero-order valence-corrected chi connectivity index (χ0v) is 17.0. The molecule has 0 aliphatic heterocycles. The molecule has 0 aliphatic carbocycles. The minimum atomic E-state index is -0.319. The highest BCUT2D eigenvalue weighted by Crippen LogP contribution is 2.41. The van der Waals surface area contributed by atoms with E-state index in [4.69, 9.17) is 0 Å². The number of benzene rings is 4. The van der Waals surface area contributed by atoms with Gasteiger partial charge in [0.25, 0.3) is 0 Å². The van der Waals surface area contributed by atoms with Crippen LogP contribution in [0.25, 0.3) is 10.8 Å². The van der Waals surface area contributed by atoms with Crippen LogP contribution < -0.4 is 0 Å². The smallest absolute Gasteiger partial charge is 0.118 e. The maximum Gasteiger partial charge on any atom is 0.118 e. The largest absolute Gasteiger partial charge is 0.508 e. The molecule has 0 amide bonds. The lowest BCUT2D eigenvalue weighted by Crippen LogP contribution is -2.25. The Morgan fingerprint density at radius 2 is 1.14 bits per heavy atom. The molecular weight excluding hydrogens is 340 g/mol. The monoisotopic (exact) mass is 366 g/mol. The number of aryl methyl sites for hydroxylation is 3. The fraction of sp³-hybridized carbons (Fsp3) is 0.185. The van der Waals surface area contributed by atoms with Gasteiger partial charge in [0.15, 0.2) is 0 Å². The van der Waals surface area contributed by atoms with Gasteiger partial charge in [-0.3, -0.25) is 0 Å². The standard InChI is InChI=1S/C27H26O/c1-18-9-11-23(15-19(18)2)27(4,24-13-14-26(28)20(3)16-24)25-12-10-21-7-5-6-8-22(21)17-25/h5-17,28H,1-4H3. The summed E-state index contributed by atoms with van der Waals surface area (Å²) in [5.74, 6) is 0.338. The fourth-order valence-corrected chi connectivity index (χ4v) is 4.02. The average Bonchev–Trinajstić information content (AvgIpc) is 2.71. The van der Waals surface area contributed by atoms with Gasteiger partial charge in [0, 0.05) is 5.41 Å². The molecule has 4 aromatic rings.